The molecule has 0 N–H and O–H groups in total. The van der Waals surface area contributed by atoms with Gasteiger partial charge in [0.05, 0.1) is 0 Å². The molecule has 1 saturated heterocycles. The molecule has 2 bridgehead atoms. The topological polar surface area (TPSA) is 42.4 Å². The predicted molar refractivity (Wildman–Crippen MR) is 81.4 cm³/mol. The Morgan fingerprint density at radius 1 is 1.38 bits per heavy atom. The average molecular weight is 309 g/mol. The quantitative estimate of drug-likeness (QED) is 0.740. The minimum Gasteiger partial charge on any atom is -0.444 e. The van der Waals surface area contributed by atoms with E-state index in [0.717, 1.165) is 19.4 Å². The zero-order chi connectivity index (χ0) is 15.2. The van der Waals surface area contributed by atoms with Gasteiger partial charge in [0, 0.05) is 24.7 Å². The summed E-state index contributed by atoms with van der Waals surface area (Å²) in [6, 6.07) is 4.07. The van der Waals surface area contributed by atoms with E-state index in [1.807, 2.05) is 44.0 Å². The van der Waals surface area contributed by atoms with E-state index in [1.54, 1.807) is 0 Å². The highest BCUT2D eigenvalue weighted by Gasteiger charge is 2.48. The number of carbonyl (C=O) groups excluding carboxylic acids is 1. The summed E-state index contributed by atoms with van der Waals surface area (Å²) in [5, 5.41) is 0.505. The van der Waals surface area contributed by atoms with Crippen LogP contribution in [-0.4, -0.2) is 34.2 Å². The van der Waals surface area contributed by atoms with Gasteiger partial charge in [-0.2, -0.15) is 0 Å². The molecule has 0 spiro atoms. The van der Waals surface area contributed by atoms with Gasteiger partial charge in [0.1, 0.15) is 10.8 Å². The summed E-state index contributed by atoms with van der Waals surface area (Å²) in [5.74, 6) is 0.921. The number of carbonyl (C=O) groups is 1. The molecule has 1 saturated carbocycles. The first kappa shape index (κ1) is 14.6. The Morgan fingerprint density at radius 2 is 2.14 bits per heavy atom. The fourth-order valence-electron chi connectivity index (χ4n) is 3.52. The third-order valence-corrected chi connectivity index (χ3v) is 4.51. The molecule has 1 amide bonds. The molecular formula is C16H21ClN2O2. The molecule has 2 heterocycles. The summed E-state index contributed by atoms with van der Waals surface area (Å²) < 4.78 is 5.53. The van der Waals surface area contributed by atoms with Crippen LogP contribution >= 0.6 is 11.6 Å². The number of piperidine rings is 1. The maximum atomic E-state index is 12.3. The first-order chi connectivity index (χ1) is 9.83. The lowest BCUT2D eigenvalue weighted by molar-refractivity contribution is 0.0170. The number of hydrogen-bond acceptors (Lipinski definition) is 3. The maximum Gasteiger partial charge on any atom is 0.410 e. The molecule has 4 nitrogen and oxygen atoms in total. The van der Waals surface area contributed by atoms with E-state index in [4.69, 9.17) is 16.3 Å². The second-order valence-electron chi connectivity index (χ2n) is 7.06. The van der Waals surface area contributed by atoms with Gasteiger partial charge in [0.15, 0.2) is 0 Å². The number of amides is 1. The molecule has 5 heteroatoms. The van der Waals surface area contributed by atoms with Crippen molar-refractivity contribution in [1.29, 1.82) is 0 Å². The van der Waals surface area contributed by atoms with E-state index < -0.39 is 5.60 Å². The van der Waals surface area contributed by atoms with Crippen molar-refractivity contribution in [3.05, 3.63) is 29.0 Å². The Labute approximate surface area is 130 Å². The Bertz CT molecular complexity index is 538. The number of nitrogens with zero attached hydrogens (tertiary/aromatic N) is 2. The van der Waals surface area contributed by atoms with Crippen molar-refractivity contribution < 1.29 is 9.53 Å². The van der Waals surface area contributed by atoms with Crippen LogP contribution in [0.4, 0.5) is 4.79 Å². The molecule has 2 fully saturated rings. The standard InChI is InChI=1S/C16H21ClN2O2/c1-16(2,3)21-15(20)19-9-10-6-12(13(19)7-10)11-4-5-14(17)18-8-11/h4-5,8,10,12-13H,6-7,9H2,1-3H3/t10-,12-,13-/m1/s1. The van der Waals surface area contributed by atoms with Crippen LogP contribution in [0.1, 0.15) is 45.1 Å². The lowest BCUT2D eigenvalue weighted by atomic mass is 9.92. The van der Waals surface area contributed by atoms with Crippen molar-refractivity contribution in [2.24, 2.45) is 5.92 Å². The molecule has 3 atom stereocenters. The predicted octanol–water partition coefficient (Wildman–Crippen LogP) is 3.85. The summed E-state index contributed by atoms with van der Waals surface area (Å²) >= 11 is 5.85. The van der Waals surface area contributed by atoms with Crippen LogP contribution in [0.5, 0.6) is 0 Å². The number of fused-ring (bicyclic) bond motifs is 2. The van der Waals surface area contributed by atoms with Crippen LogP contribution in [-0.2, 0) is 4.74 Å². The number of hydrogen-bond donors (Lipinski definition) is 0. The van der Waals surface area contributed by atoms with Crippen LogP contribution in [0, 0.1) is 5.92 Å². The Morgan fingerprint density at radius 3 is 2.71 bits per heavy atom. The smallest absolute Gasteiger partial charge is 0.410 e. The maximum absolute atomic E-state index is 12.3. The fourth-order valence-corrected chi connectivity index (χ4v) is 3.63. The summed E-state index contributed by atoms with van der Waals surface area (Å²) in [4.78, 5) is 18.4. The molecule has 0 aromatic carbocycles. The minimum absolute atomic E-state index is 0.193. The van der Waals surface area contributed by atoms with Crippen molar-refractivity contribution in [2.75, 3.05) is 6.54 Å². The number of ether oxygens (including phenoxy) is 1. The molecule has 1 aromatic heterocycles. The molecule has 2 aliphatic rings. The number of rotatable bonds is 1. The molecule has 0 radical (unpaired) electrons. The zero-order valence-electron chi connectivity index (χ0n) is 12.7. The van der Waals surface area contributed by atoms with Gasteiger partial charge in [-0.3, -0.25) is 0 Å². The summed E-state index contributed by atoms with van der Waals surface area (Å²) in [6.45, 7) is 6.52. The first-order valence-corrected chi connectivity index (χ1v) is 7.82. The van der Waals surface area contributed by atoms with Crippen LogP contribution < -0.4 is 0 Å². The summed E-state index contributed by atoms with van der Waals surface area (Å²) in [5.41, 5.74) is 0.719. The summed E-state index contributed by atoms with van der Waals surface area (Å²) in [7, 11) is 0. The highest BCUT2D eigenvalue weighted by molar-refractivity contribution is 6.29. The van der Waals surface area contributed by atoms with Crippen LogP contribution in [0.2, 0.25) is 5.15 Å². The van der Waals surface area contributed by atoms with Gasteiger partial charge in [-0.15, -0.1) is 0 Å². The number of halogens is 1. The Balaban J connectivity index is 1.75. The summed E-state index contributed by atoms with van der Waals surface area (Å²) in [6.07, 6.45) is 3.82. The largest absolute Gasteiger partial charge is 0.444 e. The third kappa shape index (κ3) is 3.00. The van der Waals surface area contributed by atoms with E-state index in [1.165, 1.54) is 5.56 Å². The minimum atomic E-state index is -0.448. The highest BCUT2D eigenvalue weighted by Crippen LogP contribution is 2.47. The molecule has 3 rings (SSSR count). The number of likely N-dealkylation sites (tertiary alicyclic amines) is 1. The zero-order valence-corrected chi connectivity index (χ0v) is 13.4. The normalized spacial score (nSPS) is 28.0. The highest BCUT2D eigenvalue weighted by atomic mass is 35.5. The van der Waals surface area contributed by atoms with Crippen LogP contribution in [0.25, 0.3) is 0 Å². The molecule has 0 unspecified atom stereocenters. The van der Waals surface area contributed by atoms with E-state index in [9.17, 15) is 4.79 Å². The lowest BCUT2D eigenvalue weighted by Gasteiger charge is -2.34. The van der Waals surface area contributed by atoms with E-state index in [2.05, 4.69) is 4.98 Å². The number of pyridine rings is 1. The van der Waals surface area contributed by atoms with Gasteiger partial charge < -0.3 is 9.64 Å². The SMILES string of the molecule is CC(C)(C)OC(=O)N1C[C@@H]2C[C@H](c3ccc(Cl)nc3)[C@H]1C2. The van der Waals surface area contributed by atoms with Crippen molar-refractivity contribution in [3.8, 4) is 0 Å². The van der Waals surface area contributed by atoms with Crippen LogP contribution in [0.3, 0.4) is 0 Å². The second kappa shape index (κ2) is 5.16. The van der Waals surface area contributed by atoms with Gasteiger partial charge in [-0.1, -0.05) is 17.7 Å². The third-order valence-electron chi connectivity index (χ3n) is 4.29. The van der Waals surface area contributed by atoms with Crippen LogP contribution in [0.15, 0.2) is 18.3 Å². The molecule has 1 aromatic rings. The number of aromatic nitrogens is 1. The van der Waals surface area contributed by atoms with Gasteiger partial charge >= 0.3 is 6.09 Å². The van der Waals surface area contributed by atoms with E-state index in [0.29, 0.717) is 17.0 Å². The Hall–Kier alpha value is -1.29. The monoisotopic (exact) mass is 308 g/mol. The van der Waals surface area contributed by atoms with Crippen molar-refractivity contribution in [1.82, 2.24) is 9.88 Å². The fraction of sp³-hybridized carbons (Fsp3) is 0.625. The van der Waals surface area contributed by atoms with E-state index in [-0.39, 0.29) is 12.1 Å². The van der Waals surface area contributed by atoms with Gasteiger partial charge in [0.25, 0.3) is 0 Å². The average Bonchev–Trinajstić information content (AvgIpc) is 2.97. The lowest BCUT2D eigenvalue weighted by Crippen LogP contribution is -2.44. The molecule has 1 aliphatic heterocycles. The molecular weight excluding hydrogens is 288 g/mol. The van der Waals surface area contributed by atoms with Crippen molar-refractivity contribution in [3.63, 3.8) is 0 Å². The van der Waals surface area contributed by atoms with Crippen molar-refractivity contribution in [2.45, 2.75) is 51.2 Å². The molecule has 21 heavy (non-hydrogen) atoms. The Kier molecular flexibility index (Phi) is 3.60. The van der Waals surface area contributed by atoms with Gasteiger partial charge in [-0.05, 0) is 51.2 Å². The first-order valence-electron chi connectivity index (χ1n) is 7.44. The van der Waals surface area contributed by atoms with Crippen molar-refractivity contribution >= 4 is 17.7 Å². The van der Waals surface area contributed by atoms with Gasteiger partial charge in [0.2, 0.25) is 0 Å². The second-order valence-corrected chi connectivity index (χ2v) is 7.45. The molecule has 114 valence electrons. The molecule has 1 aliphatic carbocycles. The van der Waals surface area contributed by atoms with E-state index >= 15 is 0 Å². The van der Waals surface area contributed by atoms with Gasteiger partial charge in [-0.25, -0.2) is 9.78 Å².